The van der Waals surface area contributed by atoms with Crippen molar-refractivity contribution in [2.45, 2.75) is 45.1 Å². The van der Waals surface area contributed by atoms with Gasteiger partial charge in [0.15, 0.2) is 0 Å². The number of carbonyl (C=O) groups is 1. The van der Waals surface area contributed by atoms with Gasteiger partial charge < -0.3 is 15.5 Å². The topological polar surface area (TPSA) is 82.5 Å². The summed E-state index contributed by atoms with van der Waals surface area (Å²) >= 11 is 0. The molecule has 2 rings (SSSR count). The molecular formula is C15H22N2O3. The number of rotatable bonds is 4. The minimum atomic E-state index is -1.00. The van der Waals surface area contributed by atoms with Gasteiger partial charge in [0.2, 0.25) is 0 Å². The Balaban J connectivity index is 2.27. The van der Waals surface area contributed by atoms with E-state index in [0.717, 1.165) is 31.4 Å². The van der Waals surface area contributed by atoms with Crippen LogP contribution in [0, 0.1) is 12.8 Å². The standard InChI is InChI=1S/C15H22N2O3/c1-10-3-5-15(9-18,6-4-10)17-13-7-11(2)16-8-12(13)14(19)20/h7-8,10,18H,3-6,9H2,1-2H3,(H,16,17)(H,19,20). The minimum absolute atomic E-state index is 0.0140. The van der Waals surface area contributed by atoms with Gasteiger partial charge in [-0.1, -0.05) is 6.92 Å². The second kappa shape index (κ2) is 5.79. The zero-order valence-electron chi connectivity index (χ0n) is 12.0. The minimum Gasteiger partial charge on any atom is -0.478 e. The van der Waals surface area contributed by atoms with Crippen molar-refractivity contribution in [2.24, 2.45) is 5.92 Å². The maximum Gasteiger partial charge on any atom is 0.339 e. The zero-order valence-corrected chi connectivity index (χ0v) is 12.0. The molecule has 0 amide bonds. The van der Waals surface area contributed by atoms with Crippen molar-refractivity contribution < 1.29 is 15.0 Å². The van der Waals surface area contributed by atoms with E-state index in [2.05, 4.69) is 17.2 Å². The highest BCUT2D eigenvalue weighted by Gasteiger charge is 2.34. The molecule has 0 aromatic carbocycles. The van der Waals surface area contributed by atoms with Crippen molar-refractivity contribution in [3.8, 4) is 0 Å². The Morgan fingerprint density at radius 3 is 2.70 bits per heavy atom. The molecule has 5 nitrogen and oxygen atoms in total. The van der Waals surface area contributed by atoms with E-state index in [4.69, 9.17) is 0 Å². The van der Waals surface area contributed by atoms with Crippen LogP contribution in [0.4, 0.5) is 5.69 Å². The quantitative estimate of drug-likeness (QED) is 0.788. The van der Waals surface area contributed by atoms with E-state index in [-0.39, 0.29) is 12.2 Å². The van der Waals surface area contributed by atoms with E-state index < -0.39 is 11.5 Å². The number of carboxylic acids is 1. The lowest BCUT2D eigenvalue weighted by atomic mass is 9.77. The summed E-state index contributed by atoms with van der Waals surface area (Å²) in [5.41, 5.74) is 1.05. The average molecular weight is 278 g/mol. The number of hydrogen-bond donors (Lipinski definition) is 3. The van der Waals surface area contributed by atoms with Gasteiger partial charge in [0.25, 0.3) is 0 Å². The van der Waals surface area contributed by atoms with E-state index in [1.54, 1.807) is 6.07 Å². The lowest BCUT2D eigenvalue weighted by Crippen LogP contribution is -2.45. The number of hydrogen-bond acceptors (Lipinski definition) is 4. The number of carboxylic acid groups (broad SMARTS) is 1. The molecule has 1 aliphatic rings. The van der Waals surface area contributed by atoms with Gasteiger partial charge in [-0.15, -0.1) is 0 Å². The number of pyridine rings is 1. The predicted octanol–water partition coefficient (Wildman–Crippen LogP) is 2.44. The van der Waals surface area contributed by atoms with Gasteiger partial charge in [-0.3, -0.25) is 4.98 Å². The lowest BCUT2D eigenvalue weighted by Gasteiger charge is -2.39. The van der Waals surface area contributed by atoms with Crippen LogP contribution >= 0.6 is 0 Å². The number of aryl methyl sites for hydroxylation is 1. The van der Waals surface area contributed by atoms with Crippen molar-refractivity contribution in [2.75, 3.05) is 11.9 Å². The molecule has 3 N–H and O–H groups in total. The maximum absolute atomic E-state index is 11.3. The molecule has 0 saturated heterocycles. The van der Waals surface area contributed by atoms with E-state index in [0.29, 0.717) is 11.6 Å². The first-order chi connectivity index (χ1) is 9.46. The van der Waals surface area contributed by atoms with Crippen LogP contribution in [0.5, 0.6) is 0 Å². The third-order valence-electron chi connectivity index (χ3n) is 4.20. The highest BCUT2D eigenvalue weighted by Crippen LogP contribution is 2.35. The molecule has 1 aromatic rings. The molecule has 0 bridgehead atoms. The summed E-state index contributed by atoms with van der Waals surface area (Å²) in [5, 5.41) is 22.3. The molecule has 1 aliphatic carbocycles. The molecule has 0 atom stereocenters. The van der Waals surface area contributed by atoms with Gasteiger partial charge in [0, 0.05) is 11.9 Å². The molecule has 0 spiro atoms. The van der Waals surface area contributed by atoms with E-state index in [9.17, 15) is 15.0 Å². The first-order valence-electron chi connectivity index (χ1n) is 7.05. The average Bonchev–Trinajstić information content (AvgIpc) is 2.41. The number of aromatic nitrogens is 1. The molecule has 1 saturated carbocycles. The van der Waals surface area contributed by atoms with Crippen LogP contribution in [0.1, 0.15) is 48.7 Å². The summed E-state index contributed by atoms with van der Waals surface area (Å²) in [6.07, 6.45) is 5.16. The number of nitrogens with zero attached hydrogens (tertiary/aromatic N) is 1. The Morgan fingerprint density at radius 2 is 2.15 bits per heavy atom. The Kier molecular flexibility index (Phi) is 4.28. The van der Waals surface area contributed by atoms with Crippen molar-refractivity contribution >= 4 is 11.7 Å². The van der Waals surface area contributed by atoms with Gasteiger partial charge in [0.1, 0.15) is 5.56 Å². The van der Waals surface area contributed by atoms with Crippen molar-refractivity contribution in [1.82, 2.24) is 4.98 Å². The molecular weight excluding hydrogens is 256 g/mol. The molecule has 0 radical (unpaired) electrons. The molecule has 1 aromatic heterocycles. The van der Waals surface area contributed by atoms with Crippen LogP contribution in [-0.4, -0.2) is 33.3 Å². The van der Waals surface area contributed by atoms with Gasteiger partial charge >= 0.3 is 5.97 Å². The third kappa shape index (κ3) is 3.10. The highest BCUT2D eigenvalue weighted by atomic mass is 16.4. The van der Waals surface area contributed by atoms with E-state index in [1.165, 1.54) is 6.20 Å². The number of aliphatic hydroxyl groups excluding tert-OH is 1. The van der Waals surface area contributed by atoms with Gasteiger partial charge in [-0.05, 0) is 44.6 Å². The normalized spacial score (nSPS) is 26.2. The molecule has 1 fully saturated rings. The summed E-state index contributed by atoms with van der Waals surface area (Å²) in [5.74, 6) is -0.341. The molecule has 20 heavy (non-hydrogen) atoms. The fraction of sp³-hybridized carbons (Fsp3) is 0.600. The lowest BCUT2D eigenvalue weighted by molar-refractivity contribution is 0.0697. The molecule has 110 valence electrons. The summed E-state index contributed by atoms with van der Waals surface area (Å²) in [7, 11) is 0. The van der Waals surface area contributed by atoms with Gasteiger partial charge in [-0.2, -0.15) is 0 Å². The van der Waals surface area contributed by atoms with E-state index in [1.807, 2.05) is 6.92 Å². The highest BCUT2D eigenvalue weighted by molar-refractivity contribution is 5.94. The van der Waals surface area contributed by atoms with Crippen LogP contribution in [-0.2, 0) is 0 Å². The second-order valence-corrected chi connectivity index (χ2v) is 5.92. The monoisotopic (exact) mass is 278 g/mol. The summed E-state index contributed by atoms with van der Waals surface area (Å²) < 4.78 is 0. The Bertz CT molecular complexity index is 494. The molecule has 0 aliphatic heterocycles. The summed E-state index contributed by atoms with van der Waals surface area (Å²) in [4.78, 5) is 15.3. The largest absolute Gasteiger partial charge is 0.478 e. The van der Waals surface area contributed by atoms with Gasteiger partial charge in [0.05, 0.1) is 17.8 Å². The summed E-state index contributed by atoms with van der Waals surface area (Å²) in [6, 6.07) is 1.74. The van der Waals surface area contributed by atoms with Crippen LogP contribution in [0.25, 0.3) is 0 Å². The summed E-state index contributed by atoms with van der Waals surface area (Å²) in [6.45, 7) is 4.05. The predicted molar refractivity (Wildman–Crippen MR) is 77.0 cm³/mol. The maximum atomic E-state index is 11.3. The molecule has 0 unspecified atom stereocenters. The smallest absolute Gasteiger partial charge is 0.339 e. The number of nitrogens with one attached hydrogen (secondary N) is 1. The fourth-order valence-electron chi connectivity index (χ4n) is 2.76. The van der Waals surface area contributed by atoms with Crippen LogP contribution in [0.15, 0.2) is 12.3 Å². The van der Waals surface area contributed by atoms with Crippen LogP contribution < -0.4 is 5.32 Å². The Morgan fingerprint density at radius 1 is 1.50 bits per heavy atom. The van der Waals surface area contributed by atoms with Gasteiger partial charge in [-0.25, -0.2) is 4.79 Å². The second-order valence-electron chi connectivity index (χ2n) is 5.92. The number of aliphatic hydroxyl groups is 1. The zero-order chi connectivity index (χ0) is 14.8. The molecule has 1 heterocycles. The first kappa shape index (κ1) is 14.8. The fourth-order valence-corrected chi connectivity index (χ4v) is 2.76. The SMILES string of the molecule is Cc1cc(NC2(CO)CCC(C)CC2)c(C(=O)O)cn1. The van der Waals surface area contributed by atoms with Crippen molar-refractivity contribution in [1.29, 1.82) is 0 Å². The van der Waals surface area contributed by atoms with Crippen LogP contribution in [0.2, 0.25) is 0 Å². The Hall–Kier alpha value is -1.62. The number of aromatic carboxylic acids is 1. The number of anilines is 1. The first-order valence-corrected chi connectivity index (χ1v) is 7.05. The van der Waals surface area contributed by atoms with Crippen molar-refractivity contribution in [3.05, 3.63) is 23.5 Å². The Labute approximate surface area is 119 Å². The third-order valence-corrected chi connectivity index (χ3v) is 4.20. The van der Waals surface area contributed by atoms with Crippen LogP contribution in [0.3, 0.4) is 0 Å². The molecule has 5 heteroatoms. The van der Waals surface area contributed by atoms with E-state index >= 15 is 0 Å². The van der Waals surface area contributed by atoms with Crippen molar-refractivity contribution in [3.63, 3.8) is 0 Å².